The quantitative estimate of drug-likeness (QED) is 0.708. The molecule has 0 aliphatic heterocycles. The number of rotatable bonds is 4. The minimum absolute atomic E-state index is 0.0933. The molecule has 0 saturated carbocycles. The SMILES string of the molecule is Cc1c(C(=O)N(C)Cc2ccc(N(C)C)cc2)sc2ncn(C)c(=O)c12. The number of hydrogen-bond acceptors (Lipinski definition) is 5. The van der Waals surface area contributed by atoms with Crippen LogP contribution in [0.1, 0.15) is 20.8 Å². The van der Waals surface area contributed by atoms with Gasteiger partial charge in [-0.25, -0.2) is 4.98 Å². The van der Waals surface area contributed by atoms with Crippen LogP contribution in [-0.2, 0) is 13.6 Å². The predicted octanol–water partition coefficient (Wildman–Crippen LogP) is 2.64. The van der Waals surface area contributed by atoms with Gasteiger partial charge in [0.2, 0.25) is 0 Å². The van der Waals surface area contributed by atoms with Gasteiger partial charge in [0, 0.05) is 40.4 Å². The van der Waals surface area contributed by atoms with Crippen LogP contribution >= 0.6 is 11.3 Å². The van der Waals surface area contributed by atoms with Crippen LogP contribution in [0, 0.1) is 6.92 Å². The summed E-state index contributed by atoms with van der Waals surface area (Å²) >= 11 is 1.28. The summed E-state index contributed by atoms with van der Waals surface area (Å²) in [5, 5.41) is 0.534. The normalized spacial score (nSPS) is 11.0. The maximum Gasteiger partial charge on any atom is 0.264 e. The van der Waals surface area contributed by atoms with Crippen molar-refractivity contribution in [3.05, 3.63) is 57.0 Å². The van der Waals surface area contributed by atoms with Gasteiger partial charge in [-0.1, -0.05) is 12.1 Å². The van der Waals surface area contributed by atoms with Gasteiger partial charge >= 0.3 is 0 Å². The molecule has 26 heavy (non-hydrogen) atoms. The number of fused-ring (bicyclic) bond motifs is 1. The molecule has 0 aliphatic carbocycles. The zero-order chi connectivity index (χ0) is 19.0. The fourth-order valence-electron chi connectivity index (χ4n) is 2.83. The minimum atomic E-state index is -0.121. The molecular weight excluding hydrogens is 348 g/mol. The Bertz CT molecular complexity index is 1020. The third kappa shape index (κ3) is 3.22. The lowest BCUT2D eigenvalue weighted by molar-refractivity contribution is 0.0789. The molecule has 0 atom stereocenters. The summed E-state index contributed by atoms with van der Waals surface area (Å²) in [6.45, 7) is 2.32. The lowest BCUT2D eigenvalue weighted by Crippen LogP contribution is -2.26. The molecule has 0 spiro atoms. The van der Waals surface area contributed by atoms with Crippen LogP contribution in [0.3, 0.4) is 0 Å². The van der Waals surface area contributed by atoms with E-state index in [1.807, 2.05) is 50.2 Å². The topological polar surface area (TPSA) is 58.4 Å². The largest absolute Gasteiger partial charge is 0.378 e. The molecule has 1 amide bonds. The Hall–Kier alpha value is -2.67. The van der Waals surface area contributed by atoms with Crippen LogP contribution in [0.4, 0.5) is 5.69 Å². The first-order valence-corrected chi connectivity index (χ1v) is 9.07. The van der Waals surface area contributed by atoms with Crippen molar-refractivity contribution in [2.45, 2.75) is 13.5 Å². The molecule has 3 aromatic rings. The van der Waals surface area contributed by atoms with Gasteiger partial charge in [-0.05, 0) is 30.2 Å². The number of aromatic nitrogens is 2. The highest BCUT2D eigenvalue weighted by Crippen LogP contribution is 2.28. The predicted molar refractivity (Wildman–Crippen MR) is 106 cm³/mol. The van der Waals surface area contributed by atoms with Crippen LogP contribution in [0.5, 0.6) is 0 Å². The van der Waals surface area contributed by atoms with Crippen molar-refractivity contribution in [1.82, 2.24) is 14.5 Å². The number of thiophene rings is 1. The highest BCUT2D eigenvalue weighted by Gasteiger charge is 2.21. The van der Waals surface area contributed by atoms with Gasteiger partial charge in [-0.3, -0.25) is 9.59 Å². The van der Waals surface area contributed by atoms with E-state index in [-0.39, 0.29) is 11.5 Å². The summed E-state index contributed by atoms with van der Waals surface area (Å²) in [5.41, 5.74) is 2.76. The Balaban J connectivity index is 1.87. The average Bonchev–Trinajstić information content (AvgIpc) is 2.95. The summed E-state index contributed by atoms with van der Waals surface area (Å²) in [4.78, 5) is 34.4. The first-order valence-electron chi connectivity index (χ1n) is 8.26. The van der Waals surface area contributed by atoms with E-state index >= 15 is 0 Å². The zero-order valence-electron chi connectivity index (χ0n) is 15.6. The number of nitrogens with zero attached hydrogens (tertiary/aromatic N) is 4. The summed E-state index contributed by atoms with van der Waals surface area (Å²) in [5.74, 6) is -0.0933. The van der Waals surface area contributed by atoms with E-state index in [1.54, 1.807) is 19.0 Å². The molecule has 7 heteroatoms. The van der Waals surface area contributed by atoms with Crippen molar-refractivity contribution in [1.29, 1.82) is 0 Å². The molecule has 0 saturated heterocycles. The monoisotopic (exact) mass is 370 g/mol. The van der Waals surface area contributed by atoms with Crippen molar-refractivity contribution in [2.75, 3.05) is 26.0 Å². The van der Waals surface area contributed by atoms with E-state index in [0.717, 1.165) is 11.3 Å². The summed E-state index contributed by atoms with van der Waals surface area (Å²) < 4.78 is 1.44. The second-order valence-electron chi connectivity index (χ2n) is 6.62. The number of aryl methyl sites for hydroxylation is 2. The molecule has 0 N–H and O–H groups in total. The van der Waals surface area contributed by atoms with E-state index in [0.29, 0.717) is 27.2 Å². The van der Waals surface area contributed by atoms with Crippen LogP contribution < -0.4 is 10.5 Å². The molecule has 0 aliphatic rings. The number of amides is 1. The number of carbonyl (C=O) groups excluding carboxylic acids is 1. The number of carbonyl (C=O) groups is 1. The van der Waals surface area contributed by atoms with Gasteiger partial charge in [0.15, 0.2) is 0 Å². The van der Waals surface area contributed by atoms with E-state index in [4.69, 9.17) is 0 Å². The fourth-order valence-corrected chi connectivity index (χ4v) is 3.97. The van der Waals surface area contributed by atoms with Gasteiger partial charge in [-0.2, -0.15) is 0 Å². The summed E-state index contributed by atoms with van der Waals surface area (Å²) in [7, 11) is 7.43. The van der Waals surface area contributed by atoms with Crippen molar-refractivity contribution in [3.63, 3.8) is 0 Å². The van der Waals surface area contributed by atoms with E-state index < -0.39 is 0 Å². The second kappa shape index (κ2) is 6.92. The van der Waals surface area contributed by atoms with E-state index in [1.165, 1.54) is 22.2 Å². The minimum Gasteiger partial charge on any atom is -0.378 e. The van der Waals surface area contributed by atoms with E-state index in [9.17, 15) is 9.59 Å². The Labute approximate surface area is 156 Å². The van der Waals surface area contributed by atoms with Crippen molar-refractivity contribution < 1.29 is 4.79 Å². The lowest BCUT2D eigenvalue weighted by atomic mass is 10.1. The lowest BCUT2D eigenvalue weighted by Gasteiger charge is -2.18. The molecule has 0 bridgehead atoms. The Kier molecular flexibility index (Phi) is 4.82. The Morgan fingerprint density at radius 2 is 1.85 bits per heavy atom. The molecule has 1 aromatic carbocycles. The van der Waals surface area contributed by atoms with Crippen molar-refractivity contribution >= 4 is 33.1 Å². The van der Waals surface area contributed by atoms with Crippen LogP contribution in [0.15, 0.2) is 35.4 Å². The van der Waals surface area contributed by atoms with Crippen molar-refractivity contribution in [2.24, 2.45) is 7.05 Å². The summed E-state index contributed by atoms with van der Waals surface area (Å²) in [6.07, 6.45) is 1.49. The Morgan fingerprint density at radius 3 is 2.46 bits per heavy atom. The Morgan fingerprint density at radius 1 is 1.19 bits per heavy atom. The van der Waals surface area contributed by atoms with Gasteiger partial charge < -0.3 is 14.4 Å². The van der Waals surface area contributed by atoms with Crippen molar-refractivity contribution in [3.8, 4) is 0 Å². The van der Waals surface area contributed by atoms with Gasteiger partial charge in [-0.15, -0.1) is 11.3 Å². The maximum atomic E-state index is 12.9. The highest BCUT2D eigenvalue weighted by atomic mass is 32.1. The standard InChI is InChI=1S/C19H22N4O2S/c1-12-15-17(20-11-23(5)18(15)24)26-16(12)19(25)22(4)10-13-6-8-14(9-7-13)21(2)3/h6-9,11H,10H2,1-5H3. The average molecular weight is 370 g/mol. The molecule has 0 radical (unpaired) electrons. The highest BCUT2D eigenvalue weighted by molar-refractivity contribution is 7.20. The molecule has 0 fully saturated rings. The molecule has 136 valence electrons. The summed E-state index contributed by atoms with van der Waals surface area (Å²) in [6, 6.07) is 8.11. The van der Waals surface area contributed by atoms with Crippen LogP contribution in [0.2, 0.25) is 0 Å². The first kappa shape index (κ1) is 18.1. The number of anilines is 1. The van der Waals surface area contributed by atoms with Gasteiger partial charge in [0.25, 0.3) is 11.5 Å². The van der Waals surface area contributed by atoms with Crippen LogP contribution in [0.25, 0.3) is 10.2 Å². The molecule has 3 rings (SSSR count). The molecule has 0 unspecified atom stereocenters. The maximum absolute atomic E-state index is 12.9. The molecule has 6 nitrogen and oxygen atoms in total. The fraction of sp³-hybridized carbons (Fsp3) is 0.316. The van der Waals surface area contributed by atoms with Crippen LogP contribution in [-0.4, -0.2) is 41.5 Å². The number of hydrogen-bond donors (Lipinski definition) is 0. The van der Waals surface area contributed by atoms with E-state index in [2.05, 4.69) is 4.98 Å². The smallest absolute Gasteiger partial charge is 0.264 e. The second-order valence-corrected chi connectivity index (χ2v) is 7.62. The molecular formula is C19H22N4O2S. The third-order valence-electron chi connectivity index (χ3n) is 4.42. The van der Waals surface area contributed by atoms with Gasteiger partial charge in [0.05, 0.1) is 16.6 Å². The molecule has 2 aromatic heterocycles. The number of benzene rings is 1. The third-order valence-corrected chi connectivity index (χ3v) is 5.61. The molecule has 2 heterocycles. The van der Waals surface area contributed by atoms with Gasteiger partial charge in [0.1, 0.15) is 4.83 Å². The zero-order valence-corrected chi connectivity index (χ0v) is 16.4. The first-order chi connectivity index (χ1) is 12.3.